The summed E-state index contributed by atoms with van der Waals surface area (Å²) >= 11 is 15.4. The zero-order valence-electron chi connectivity index (χ0n) is 9.05. The molecule has 0 radical (unpaired) electrons. The molecule has 2 rings (SSSR count). The van der Waals surface area contributed by atoms with Crippen molar-refractivity contribution in [3.63, 3.8) is 0 Å². The average molecular weight is 342 g/mol. The van der Waals surface area contributed by atoms with Gasteiger partial charge in [-0.15, -0.1) is 0 Å². The normalized spacial score (nSPS) is 9.89. The molecule has 0 amide bonds. The fourth-order valence-electron chi connectivity index (χ4n) is 1.45. The van der Waals surface area contributed by atoms with Crippen LogP contribution in [0.15, 0.2) is 40.9 Å². The molecule has 90 valence electrons. The van der Waals surface area contributed by atoms with E-state index in [0.717, 1.165) is 10.2 Å². The highest BCUT2D eigenvalue weighted by Crippen LogP contribution is 2.30. The lowest BCUT2D eigenvalue weighted by atomic mass is 10.2. The fourth-order valence-corrected chi connectivity index (χ4v) is 2.35. The molecule has 0 unspecified atom stereocenters. The summed E-state index contributed by atoms with van der Waals surface area (Å²) in [7, 11) is 0. The molecule has 2 nitrogen and oxygen atoms in total. The standard InChI is InChI=1S/C13H7BrCl2N2/c14-9-2-4-12(11(16)5-9)18-13-6-10(15)3-1-8(13)7-17/h1-6,18H. The van der Waals surface area contributed by atoms with E-state index in [2.05, 4.69) is 27.3 Å². The number of nitrogens with one attached hydrogen (secondary N) is 1. The highest BCUT2D eigenvalue weighted by Gasteiger charge is 2.06. The van der Waals surface area contributed by atoms with Crippen molar-refractivity contribution in [3.05, 3.63) is 56.5 Å². The summed E-state index contributed by atoms with van der Waals surface area (Å²) in [6.07, 6.45) is 0. The van der Waals surface area contributed by atoms with E-state index in [0.29, 0.717) is 21.3 Å². The lowest BCUT2D eigenvalue weighted by molar-refractivity contribution is 1.46. The van der Waals surface area contributed by atoms with Crippen LogP contribution in [0.2, 0.25) is 10.0 Å². The highest BCUT2D eigenvalue weighted by molar-refractivity contribution is 9.10. The first-order valence-electron chi connectivity index (χ1n) is 5.02. The van der Waals surface area contributed by atoms with Crippen molar-refractivity contribution in [2.75, 3.05) is 5.32 Å². The molecule has 0 aromatic heterocycles. The molecule has 0 aliphatic carbocycles. The Kier molecular flexibility index (Phi) is 4.13. The van der Waals surface area contributed by atoms with E-state index < -0.39 is 0 Å². The van der Waals surface area contributed by atoms with Crippen LogP contribution in [0.5, 0.6) is 0 Å². The van der Waals surface area contributed by atoms with Crippen LogP contribution in [0.1, 0.15) is 5.56 Å². The molecule has 5 heteroatoms. The van der Waals surface area contributed by atoms with Gasteiger partial charge in [0.25, 0.3) is 0 Å². The van der Waals surface area contributed by atoms with Crippen LogP contribution < -0.4 is 5.32 Å². The predicted molar refractivity (Wildman–Crippen MR) is 78.6 cm³/mol. The summed E-state index contributed by atoms with van der Waals surface area (Å²) in [5.74, 6) is 0. The molecule has 0 bridgehead atoms. The van der Waals surface area contributed by atoms with Crippen molar-refractivity contribution in [2.45, 2.75) is 0 Å². The second-order valence-corrected chi connectivity index (χ2v) is 5.31. The Hall–Kier alpha value is -1.21. The van der Waals surface area contributed by atoms with Gasteiger partial charge in [0, 0.05) is 9.50 Å². The Labute approximate surface area is 123 Å². The molecule has 0 heterocycles. The quantitative estimate of drug-likeness (QED) is 0.796. The molecule has 18 heavy (non-hydrogen) atoms. The van der Waals surface area contributed by atoms with Gasteiger partial charge in [-0.05, 0) is 36.4 Å². The van der Waals surface area contributed by atoms with Gasteiger partial charge in [0.05, 0.1) is 22.0 Å². The van der Waals surface area contributed by atoms with E-state index >= 15 is 0 Å². The van der Waals surface area contributed by atoms with Crippen molar-refractivity contribution in [1.29, 1.82) is 5.26 Å². The molecule has 0 aliphatic rings. The zero-order valence-corrected chi connectivity index (χ0v) is 12.1. The Bertz CT molecular complexity index is 635. The van der Waals surface area contributed by atoms with Gasteiger partial charge in [-0.3, -0.25) is 0 Å². The second-order valence-electron chi connectivity index (χ2n) is 3.55. The third kappa shape index (κ3) is 2.97. The summed E-state index contributed by atoms with van der Waals surface area (Å²) in [6.45, 7) is 0. The van der Waals surface area contributed by atoms with E-state index in [1.165, 1.54) is 0 Å². The van der Waals surface area contributed by atoms with Crippen LogP contribution in [0.3, 0.4) is 0 Å². The van der Waals surface area contributed by atoms with Crippen molar-refractivity contribution in [1.82, 2.24) is 0 Å². The van der Waals surface area contributed by atoms with Gasteiger partial charge in [-0.1, -0.05) is 39.1 Å². The Balaban J connectivity index is 2.40. The maximum atomic E-state index is 9.03. The minimum Gasteiger partial charge on any atom is -0.353 e. The molecule has 2 aromatic rings. The van der Waals surface area contributed by atoms with Crippen LogP contribution in [0.4, 0.5) is 11.4 Å². The van der Waals surface area contributed by atoms with Crippen LogP contribution in [0.25, 0.3) is 0 Å². The number of hydrogen-bond acceptors (Lipinski definition) is 2. The third-order valence-electron chi connectivity index (χ3n) is 2.30. The van der Waals surface area contributed by atoms with E-state index in [-0.39, 0.29) is 0 Å². The van der Waals surface area contributed by atoms with Crippen molar-refractivity contribution in [2.24, 2.45) is 0 Å². The first-order chi connectivity index (χ1) is 8.60. The average Bonchev–Trinajstić information content (AvgIpc) is 2.33. The molecule has 0 aliphatic heterocycles. The van der Waals surface area contributed by atoms with Crippen LogP contribution in [0, 0.1) is 11.3 Å². The molecule has 0 atom stereocenters. The molecule has 2 aromatic carbocycles. The molecule has 1 N–H and O–H groups in total. The maximum Gasteiger partial charge on any atom is 0.101 e. The monoisotopic (exact) mass is 340 g/mol. The molecule has 0 fully saturated rings. The molecular weight excluding hydrogens is 335 g/mol. The largest absolute Gasteiger partial charge is 0.353 e. The van der Waals surface area contributed by atoms with Gasteiger partial charge < -0.3 is 5.32 Å². The van der Waals surface area contributed by atoms with Crippen molar-refractivity contribution in [3.8, 4) is 6.07 Å². The van der Waals surface area contributed by atoms with Crippen LogP contribution in [-0.2, 0) is 0 Å². The summed E-state index contributed by atoms with van der Waals surface area (Å²) in [5, 5.41) is 13.3. The number of halogens is 3. The SMILES string of the molecule is N#Cc1ccc(Cl)cc1Nc1ccc(Br)cc1Cl. The smallest absolute Gasteiger partial charge is 0.101 e. The Morgan fingerprint density at radius 2 is 1.83 bits per heavy atom. The summed E-state index contributed by atoms with van der Waals surface area (Å²) in [6, 6.07) is 12.6. The predicted octanol–water partition coefficient (Wildman–Crippen LogP) is 5.37. The Morgan fingerprint density at radius 3 is 2.50 bits per heavy atom. The first kappa shape index (κ1) is 13.2. The maximum absolute atomic E-state index is 9.03. The van der Waals surface area contributed by atoms with E-state index in [1.54, 1.807) is 24.3 Å². The molecule has 0 saturated carbocycles. The number of rotatable bonds is 2. The molecule has 0 spiro atoms. The van der Waals surface area contributed by atoms with E-state index in [1.807, 2.05) is 12.1 Å². The highest BCUT2D eigenvalue weighted by atomic mass is 79.9. The lowest BCUT2D eigenvalue weighted by Crippen LogP contribution is -1.94. The summed E-state index contributed by atoms with van der Waals surface area (Å²) in [4.78, 5) is 0. The minimum atomic E-state index is 0.512. The Morgan fingerprint density at radius 1 is 1.06 bits per heavy atom. The van der Waals surface area contributed by atoms with Gasteiger partial charge >= 0.3 is 0 Å². The van der Waals surface area contributed by atoms with Gasteiger partial charge in [0.15, 0.2) is 0 Å². The van der Waals surface area contributed by atoms with Crippen LogP contribution in [-0.4, -0.2) is 0 Å². The van der Waals surface area contributed by atoms with Crippen molar-refractivity contribution >= 4 is 50.5 Å². The summed E-state index contributed by atoms with van der Waals surface area (Å²) < 4.78 is 0.893. The number of anilines is 2. The van der Waals surface area contributed by atoms with Gasteiger partial charge in [0.2, 0.25) is 0 Å². The number of nitrogens with zero attached hydrogens (tertiary/aromatic N) is 1. The molecular formula is C13H7BrCl2N2. The second kappa shape index (κ2) is 5.62. The third-order valence-corrected chi connectivity index (χ3v) is 3.34. The van der Waals surface area contributed by atoms with Crippen molar-refractivity contribution < 1.29 is 0 Å². The number of hydrogen-bond donors (Lipinski definition) is 1. The van der Waals surface area contributed by atoms with Crippen LogP contribution >= 0.6 is 39.1 Å². The zero-order chi connectivity index (χ0) is 13.1. The number of benzene rings is 2. The summed E-state index contributed by atoms with van der Waals surface area (Å²) in [5.41, 5.74) is 1.87. The first-order valence-corrected chi connectivity index (χ1v) is 6.57. The van der Waals surface area contributed by atoms with Gasteiger partial charge in [-0.2, -0.15) is 5.26 Å². The van der Waals surface area contributed by atoms with E-state index in [4.69, 9.17) is 28.5 Å². The minimum absolute atomic E-state index is 0.512. The van der Waals surface area contributed by atoms with Gasteiger partial charge in [-0.25, -0.2) is 0 Å². The van der Waals surface area contributed by atoms with Gasteiger partial charge in [0.1, 0.15) is 6.07 Å². The lowest BCUT2D eigenvalue weighted by Gasteiger charge is -2.10. The fraction of sp³-hybridized carbons (Fsp3) is 0. The topological polar surface area (TPSA) is 35.8 Å². The van der Waals surface area contributed by atoms with E-state index in [9.17, 15) is 0 Å². The number of nitriles is 1. The molecule has 0 saturated heterocycles.